The smallest absolute Gasteiger partial charge is 0.256 e. The predicted octanol–water partition coefficient (Wildman–Crippen LogP) is 3.55. The molecule has 1 amide bonds. The van der Waals surface area contributed by atoms with Gasteiger partial charge in [-0.1, -0.05) is 30.3 Å². The maximum Gasteiger partial charge on any atom is 0.256 e. The fraction of sp³-hybridized carbons (Fsp3) is 0.188. The van der Waals surface area contributed by atoms with Crippen molar-refractivity contribution in [3.63, 3.8) is 0 Å². The summed E-state index contributed by atoms with van der Waals surface area (Å²) in [5.74, 6) is -0.130. The largest absolute Gasteiger partial charge is 0.378 e. The SMILES string of the molecule is CNc1snc(C)c1C(=O)NCc1csc(-c2ccccc2)n1. The highest BCUT2D eigenvalue weighted by molar-refractivity contribution is 7.13. The summed E-state index contributed by atoms with van der Waals surface area (Å²) in [5.41, 5.74) is 3.29. The molecule has 0 unspecified atom stereocenters. The van der Waals surface area contributed by atoms with Crippen molar-refractivity contribution in [3.8, 4) is 10.6 Å². The van der Waals surface area contributed by atoms with Crippen molar-refractivity contribution in [1.29, 1.82) is 0 Å². The standard InChI is InChI=1S/C16H16N4OS2/c1-10-13(16(17-2)23-20-10)14(21)18-8-12-9-22-15(19-12)11-6-4-3-5-7-11/h3-7,9,17H,8H2,1-2H3,(H,18,21). The van der Waals surface area contributed by atoms with E-state index < -0.39 is 0 Å². The lowest BCUT2D eigenvalue weighted by Crippen LogP contribution is -2.24. The molecule has 0 radical (unpaired) electrons. The van der Waals surface area contributed by atoms with Gasteiger partial charge in [-0.25, -0.2) is 4.98 Å². The number of thiazole rings is 1. The van der Waals surface area contributed by atoms with Crippen molar-refractivity contribution >= 4 is 33.8 Å². The topological polar surface area (TPSA) is 66.9 Å². The molecule has 1 aromatic carbocycles. The minimum absolute atomic E-state index is 0.130. The van der Waals surface area contributed by atoms with Gasteiger partial charge in [-0.05, 0) is 18.5 Å². The van der Waals surface area contributed by atoms with Gasteiger partial charge in [0.2, 0.25) is 0 Å². The van der Waals surface area contributed by atoms with Gasteiger partial charge in [0.05, 0.1) is 23.5 Å². The summed E-state index contributed by atoms with van der Waals surface area (Å²) in [6.07, 6.45) is 0. The van der Waals surface area contributed by atoms with E-state index >= 15 is 0 Å². The van der Waals surface area contributed by atoms with E-state index in [1.165, 1.54) is 11.5 Å². The van der Waals surface area contributed by atoms with E-state index in [1.807, 2.05) is 42.6 Å². The molecule has 0 spiro atoms. The van der Waals surface area contributed by atoms with Gasteiger partial charge in [-0.3, -0.25) is 4.79 Å². The maximum absolute atomic E-state index is 12.3. The van der Waals surface area contributed by atoms with Crippen molar-refractivity contribution < 1.29 is 4.79 Å². The average molecular weight is 344 g/mol. The number of amides is 1. The number of carbonyl (C=O) groups excluding carboxylic acids is 1. The Bertz CT molecular complexity index is 811. The number of anilines is 1. The Balaban J connectivity index is 1.68. The zero-order chi connectivity index (χ0) is 16.2. The Labute approximate surface area is 142 Å². The van der Waals surface area contributed by atoms with Crippen molar-refractivity contribution in [2.75, 3.05) is 12.4 Å². The summed E-state index contributed by atoms with van der Waals surface area (Å²) in [4.78, 5) is 16.9. The molecule has 0 saturated carbocycles. The molecule has 0 fully saturated rings. The molecular weight excluding hydrogens is 328 g/mol. The highest BCUT2D eigenvalue weighted by Gasteiger charge is 2.17. The maximum atomic E-state index is 12.3. The number of carbonyl (C=O) groups is 1. The predicted molar refractivity (Wildman–Crippen MR) is 95.1 cm³/mol. The summed E-state index contributed by atoms with van der Waals surface area (Å²) in [6, 6.07) is 10.0. The van der Waals surface area contributed by atoms with Crippen molar-refractivity contribution in [3.05, 3.63) is 52.7 Å². The molecule has 0 atom stereocenters. The van der Waals surface area contributed by atoms with Crippen molar-refractivity contribution in [2.24, 2.45) is 0 Å². The van der Waals surface area contributed by atoms with Crippen LogP contribution in [0.3, 0.4) is 0 Å². The Morgan fingerprint density at radius 2 is 2.04 bits per heavy atom. The number of rotatable bonds is 5. The molecule has 0 aliphatic heterocycles. The van der Waals surface area contributed by atoms with Crippen LogP contribution in [0.4, 0.5) is 5.00 Å². The first-order valence-electron chi connectivity index (χ1n) is 7.11. The Morgan fingerprint density at radius 1 is 1.26 bits per heavy atom. The van der Waals surface area contributed by atoms with Gasteiger partial charge in [0.25, 0.3) is 5.91 Å². The second kappa shape index (κ2) is 6.89. The van der Waals surface area contributed by atoms with Crippen molar-refractivity contribution in [2.45, 2.75) is 13.5 Å². The summed E-state index contributed by atoms with van der Waals surface area (Å²) in [6.45, 7) is 2.24. The molecule has 2 heterocycles. The van der Waals surface area contributed by atoms with Crippen LogP contribution in [-0.4, -0.2) is 22.3 Å². The van der Waals surface area contributed by atoms with E-state index in [-0.39, 0.29) is 5.91 Å². The number of aromatic nitrogens is 2. The lowest BCUT2D eigenvalue weighted by atomic mass is 10.2. The third-order valence-corrected chi connectivity index (χ3v) is 5.22. The average Bonchev–Trinajstić information content (AvgIpc) is 3.20. The lowest BCUT2D eigenvalue weighted by Gasteiger charge is -2.04. The van der Waals surface area contributed by atoms with Crippen LogP contribution in [0.15, 0.2) is 35.7 Å². The molecule has 2 aromatic heterocycles. The highest BCUT2D eigenvalue weighted by Crippen LogP contribution is 2.25. The van der Waals surface area contributed by atoms with Crippen LogP contribution < -0.4 is 10.6 Å². The number of hydrogen-bond acceptors (Lipinski definition) is 6. The zero-order valence-corrected chi connectivity index (χ0v) is 14.4. The molecule has 3 aromatic rings. The summed E-state index contributed by atoms with van der Waals surface area (Å²) >= 11 is 2.87. The molecule has 5 nitrogen and oxygen atoms in total. The second-order valence-electron chi connectivity index (χ2n) is 4.91. The summed E-state index contributed by atoms with van der Waals surface area (Å²) in [7, 11) is 1.79. The number of nitrogens with zero attached hydrogens (tertiary/aromatic N) is 2. The molecule has 7 heteroatoms. The van der Waals surface area contributed by atoms with Crippen LogP contribution in [0, 0.1) is 6.92 Å². The Hall–Kier alpha value is -2.25. The molecule has 23 heavy (non-hydrogen) atoms. The third kappa shape index (κ3) is 3.40. The third-order valence-electron chi connectivity index (χ3n) is 3.32. The van der Waals surface area contributed by atoms with Gasteiger partial charge < -0.3 is 10.6 Å². The molecule has 2 N–H and O–H groups in total. The number of hydrogen-bond donors (Lipinski definition) is 2. The number of nitrogens with one attached hydrogen (secondary N) is 2. The quantitative estimate of drug-likeness (QED) is 0.743. The van der Waals surface area contributed by atoms with Crippen LogP contribution >= 0.6 is 22.9 Å². The molecule has 118 valence electrons. The first-order valence-corrected chi connectivity index (χ1v) is 8.76. The number of benzene rings is 1. The minimum atomic E-state index is -0.130. The van der Waals surface area contributed by atoms with Crippen LogP contribution in [-0.2, 0) is 6.54 Å². The van der Waals surface area contributed by atoms with Crippen LogP contribution in [0.1, 0.15) is 21.7 Å². The molecule has 0 bridgehead atoms. The Kier molecular flexibility index (Phi) is 4.68. The molecular formula is C16H16N4OS2. The fourth-order valence-corrected chi connectivity index (χ4v) is 3.74. The normalized spacial score (nSPS) is 10.5. The fourth-order valence-electron chi connectivity index (χ4n) is 2.17. The summed E-state index contributed by atoms with van der Waals surface area (Å²) in [5, 5.41) is 9.63. The van der Waals surface area contributed by atoms with Gasteiger partial charge in [-0.15, -0.1) is 11.3 Å². The minimum Gasteiger partial charge on any atom is -0.378 e. The molecule has 0 saturated heterocycles. The van der Waals surface area contributed by atoms with E-state index in [9.17, 15) is 4.79 Å². The van der Waals surface area contributed by atoms with E-state index in [0.717, 1.165) is 27.0 Å². The summed E-state index contributed by atoms with van der Waals surface area (Å²) < 4.78 is 4.21. The molecule has 0 aliphatic rings. The van der Waals surface area contributed by atoms with E-state index in [0.29, 0.717) is 12.1 Å². The van der Waals surface area contributed by atoms with Crippen LogP contribution in [0.5, 0.6) is 0 Å². The van der Waals surface area contributed by atoms with Crippen LogP contribution in [0.25, 0.3) is 10.6 Å². The van der Waals surface area contributed by atoms with Gasteiger partial charge in [0.15, 0.2) is 0 Å². The first-order chi connectivity index (χ1) is 11.2. The molecule has 3 rings (SSSR count). The number of aryl methyl sites for hydroxylation is 1. The van der Waals surface area contributed by atoms with Gasteiger partial charge in [0, 0.05) is 18.0 Å². The van der Waals surface area contributed by atoms with Gasteiger partial charge in [0.1, 0.15) is 10.0 Å². The van der Waals surface area contributed by atoms with E-state index in [4.69, 9.17) is 0 Å². The Morgan fingerprint density at radius 3 is 2.78 bits per heavy atom. The van der Waals surface area contributed by atoms with Crippen LogP contribution in [0.2, 0.25) is 0 Å². The van der Waals surface area contributed by atoms with E-state index in [1.54, 1.807) is 18.4 Å². The van der Waals surface area contributed by atoms with Crippen molar-refractivity contribution in [1.82, 2.24) is 14.7 Å². The monoisotopic (exact) mass is 344 g/mol. The van der Waals surface area contributed by atoms with Gasteiger partial charge in [-0.2, -0.15) is 4.37 Å². The van der Waals surface area contributed by atoms with E-state index in [2.05, 4.69) is 20.0 Å². The second-order valence-corrected chi connectivity index (χ2v) is 6.55. The lowest BCUT2D eigenvalue weighted by molar-refractivity contribution is 0.0951. The van der Waals surface area contributed by atoms with Gasteiger partial charge >= 0.3 is 0 Å². The highest BCUT2D eigenvalue weighted by atomic mass is 32.1. The molecule has 0 aliphatic carbocycles. The zero-order valence-electron chi connectivity index (χ0n) is 12.8. The first kappa shape index (κ1) is 15.6.